The highest BCUT2D eigenvalue weighted by Crippen LogP contribution is 2.50. The zero-order chi connectivity index (χ0) is 57.7. The number of carbonyl (C=O) groups excluding carboxylic acids is 3. The lowest BCUT2D eigenvalue weighted by Gasteiger charge is -2.43. The molecule has 2 aliphatic heterocycles. The molecule has 0 radical (unpaired) electrons. The molecule has 0 saturated carbocycles. The maximum absolute atomic E-state index is 14.7. The predicted octanol–water partition coefficient (Wildman–Crippen LogP) is 14.9. The molecule has 2 atom stereocenters. The summed E-state index contributed by atoms with van der Waals surface area (Å²) in [4.78, 5) is 39.5. The van der Waals surface area contributed by atoms with Crippen molar-refractivity contribution >= 4 is 65.5 Å². The van der Waals surface area contributed by atoms with E-state index >= 15 is 0 Å². The molecule has 0 spiro atoms. The van der Waals surface area contributed by atoms with Crippen molar-refractivity contribution in [2.24, 2.45) is 10.2 Å². The summed E-state index contributed by atoms with van der Waals surface area (Å²) in [6.45, 7) is 14.2. The van der Waals surface area contributed by atoms with Crippen LogP contribution >= 0.6 is 23.5 Å². The number of carbonyl (C=O) groups is 3. The Labute approximate surface area is 464 Å². The molecule has 3 heterocycles. The molecule has 1 N–H and O–H groups in total. The van der Waals surface area contributed by atoms with E-state index in [1.165, 1.54) is 66.4 Å². The average Bonchev–Trinajstić information content (AvgIpc) is 4.28. The van der Waals surface area contributed by atoms with Crippen molar-refractivity contribution in [2.45, 2.75) is 75.8 Å². The van der Waals surface area contributed by atoms with Gasteiger partial charge in [0.15, 0.2) is 12.4 Å². The van der Waals surface area contributed by atoms with E-state index in [2.05, 4.69) is 62.2 Å². The molecule has 2 aliphatic rings. The Morgan fingerprint density at radius 2 is 0.975 bits per heavy atom. The summed E-state index contributed by atoms with van der Waals surface area (Å²) in [6.07, 6.45) is 0. The topological polar surface area (TPSA) is 139 Å². The SMILES string of the molecule is CC(C)[Si](Oc1ccccc1C1SC(c2ccc(F)cc2)=NN1C(=O)c1c(F)cc(F)cc1F)(C(C)C)C(C)C.Cc1cc(NC(=O)COc2ccccc2C2SC(c3ccc(F)cc3)=NN2C(=O)c2c(F)cc(F)cc2F)no1. The van der Waals surface area contributed by atoms with Gasteiger partial charge in [0.05, 0.1) is 0 Å². The number of benzene rings is 6. The Balaban J connectivity index is 0.000000210. The lowest BCUT2D eigenvalue weighted by molar-refractivity contribution is -0.118. The molecular formula is C57H50F8N6O6S2Si. The van der Waals surface area contributed by atoms with Gasteiger partial charge in [-0.25, -0.2) is 45.1 Å². The largest absolute Gasteiger partial charge is 0.542 e. The van der Waals surface area contributed by atoms with Gasteiger partial charge in [-0.3, -0.25) is 14.4 Å². The lowest BCUT2D eigenvalue weighted by Crippen LogP contribution is -2.51. The van der Waals surface area contributed by atoms with Crippen LogP contribution in [0.15, 0.2) is 142 Å². The smallest absolute Gasteiger partial charge is 0.281 e. The molecule has 2 unspecified atom stereocenters. The molecule has 9 rings (SSSR count). The van der Waals surface area contributed by atoms with Crippen LogP contribution in [0.2, 0.25) is 16.6 Å². The molecule has 23 heteroatoms. The molecule has 0 saturated heterocycles. The second-order valence-electron chi connectivity index (χ2n) is 19.2. The van der Waals surface area contributed by atoms with Crippen LogP contribution in [0.25, 0.3) is 0 Å². The van der Waals surface area contributed by atoms with Crippen LogP contribution in [0.5, 0.6) is 11.5 Å². The minimum Gasteiger partial charge on any atom is -0.542 e. The van der Waals surface area contributed by atoms with E-state index in [4.69, 9.17) is 13.7 Å². The molecule has 416 valence electrons. The predicted molar refractivity (Wildman–Crippen MR) is 291 cm³/mol. The third-order valence-electron chi connectivity index (χ3n) is 12.9. The van der Waals surface area contributed by atoms with Gasteiger partial charge >= 0.3 is 0 Å². The zero-order valence-corrected chi connectivity index (χ0v) is 46.4. The van der Waals surface area contributed by atoms with Gasteiger partial charge in [-0.2, -0.15) is 10.2 Å². The Hall–Kier alpha value is -7.76. The summed E-state index contributed by atoms with van der Waals surface area (Å²) in [6, 6.07) is 27.7. The Morgan fingerprint density at radius 1 is 0.575 bits per heavy atom. The Bertz CT molecular complexity index is 3450. The van der Waals surface area contributed by atoms with Gasteiger partial charge in [0.2, 0.25) is 0 Å². The molecule has 7 aromatic rings. The average molecular weight is 1160 g/mol. The number of anilines is 1. The van der Waals surface area contributed by atoms with Crippen molar-refractivity contribution in [3.63, 3.8) is 0 Å². The number of halogens is 8. The maximum Gasteiger partial charge on any atom is 0.281 e. The van der Waals surface area contributed by atoms with Gasteiger partial charge in [-0.15, -0.1) is 0 Å². The number of aryl methyl sites for hydroxylation is 1. The molecule has 0 fully saturated rings. The van der Waals surface area contributed by atoms with Crippen LogP contribution in [0.1, 0.15) is 101 Å². The molecule has 0 bridgehead atoms. The summed E-state index contributed by atoms with van der Waals surface area (Å²) < 4.78 is 131. The number of hydrazone groups is 2. The van der Waals surface area contributed by atoms with Gasteiger partial charge < -0.3 is 19.0 Å². The van der Waals surface area contributed by atoms with Crippen molar-refractivity contribution in [3.05, 3.63) is 213 Å². The standard InChI is InChI=1S/C30H32F4N2O2SSi.C27H18F4N4O4S/c1-17(2)40(18(3)4,19(5)6)38-26-10-8-7-9-23(26)30-36(29(37)27-24(33)15-22(32)16-25(27)34)35-28(39-30)20-11-13-21(31)14-12-20;1-14-10-22(34-39-14)32-23(36)13-38-21-5-3-2-4-18(21)27-35(26(37)24-19(30)11-17(29)12-20(24)31)33-25(40-27)15-6-8-16(28)9-7-15/h7-19,30H,1-6H3;2-12,27H,13H2,1H3,(H,32,34,36). The molecule has 12 nitrogen and oxygen atoms in total. The number of thioether (sulfide) groups is 2. The first-order valence-corrected chi connectivity index (χ1v) is 28.7. The number of ether oxygens (including phenoxy) is 1. The van der Waals surface area contributed by atoms with Crippen LogP contribution < -0.4 is 14.5 Å². The number of nitrogens with one attached hydrogen (secondary N) is 1. The van der Waals surface area contributed by atoms with Crippen LogP contribution in [-0.4, -0.2) is 57.9 Å². The van der Waals surface area contributed by atoms with E-state index in [1.54, 1.807) is 43.3 Å². The van der Waals surface area contributed by atoms with E-state index in [-0.39, 0.29) is 33.2 Å². The minimum atomic E-state index is -2.43. The number of amides is 3. The number of rotatable bonds is 15. The van der Waals surface area contributed by atoms with Crippen molar-refractivity contribution in [1.82, 2.24) is 15.2 Å². The third kappa shape index (κ3) is 12.6. The molecule has 3 amide bonds. The van der Waals surface area contributed by atoms with Crippen molar-refractivity contribution in [2.75, 3.05) is 11.9 Å². The van der Waals surface area contributed by atoms with Crippen molar-refractivity contribution < 1.29 is 63.2 Å². The van der Waals surface area contributed by atoms with Crippen LogP contribution in [0.4, 0.5) is 40.9 Å². The van der Waals surface area contributed by atoms with Gasteiger partial charge in [0.25, 0.3) is 26.0 Å². The molecule has 6 aromatic carbocycles. The van der Waals surface area contributed by atoms with E-state index in [0.717, 1.165) is 21.8 Å². The summed E-state index contributed by atoms with van der Waals surface area (Å²) in [5.74, 6) is -10.1. The normalized spacial score (nSPS) is 15.2. The maximum atomic E-state index is 14.7. The highest BCUT2D eigenvalue weighted by molar-refractivity contribution is 8.15. The fraction of sp³-hybridized carbons (Fsp3) is 0.228. The summed E-state index contributed by atoms with van der Waals surface area (Å²) in [5.41, 5.74) is 0.793. The van der Waals surface area contributed by atoms with E-state index in [1.807, 2.05) is 12.1 Å². The first kappa shape index (κ1) is 58.4. The third-order valence-corrected chi connectivity index (χ3v) is 21.4. The number of hydrogen-bond acceptors (Lipinski definition) is 11. The quantitative estimate of drug-likeness (QED) is 0.0785. The summed E-state index contributed by atoms with van der Waals surface area (Å²) >= 11 is 2.22. The Kier molecular flexibility index (Phi) is 18.0. The van der Waals surface area contributed by atoms with Gasteiger partial charge in [0.1, 0.15) is 95.8 Å². The first-order valence-electron chi connectivity index (χ1n) is 24.8. The van der Waals surface area contributed by atoms with Crippen LogP contribution in [-0.2, 0) is 4.79 Å². The zero-order valence-electron chi connectivity index (χ0n) is 43.7. The molecule has 1 aromatic heterocycles. The van der Waals surface area contributed by atoms with Crippen LogP contribution in [0, 0.1) is 53.5 Å². The minimum absolute atomic E-state index is 0.180. The van der Waals surface area contributed by atoms with Gasteiger partial charge in [-0.05, 0) is 84.2 Å². The van der Waals surface area contributed by atoms with Crippen molar-refractivity contribution in [3.8, 4) is 11.5 Å². The monoisotopic (exact) mass is 1160 g/mol. The molecule has 80 heavy (non-hydrogen) atoms. The van der Waals surface area contributed by atoms with E-state index in [9.17, 15) is 49.5 Å². The second kappa shape index (κ2) is 24.7. The van der Waals surface area contributed by atoms with Gasteiger partial charge in [0, 0.05) is 52.6 Å². The lowest BCUT2D eigenvalue weighted by atomic mass is 10.1. The summed E-state index contributed by atoms with van der Waals surface area (Å²) in [5, 5.41) is 15.5. The van der Waals surface area contributed by atoms with E-state index in [0.29, 0.717) is 63.1 Å². The summed E-state index contributed by atoms with van der Waals surface area (Å²) in [7, 11) is -2.43. The highest BCUT2D eigenvalue weighted by Gasteiger charge is 2.48. The second-order valence-corrected chi connectivity index (χ2v) is 26.7. The number of aromatic nitrogens is 1. The van der Waals surface area contributed by atoms with Gasteiger partial charge in [-0.1, -0.05) is 107 Å². The Morgan fingerprint density at radius 3 is 1.38 bits per heavy atom. The van der Waals surface area contributed by atoms with Crippen LogP contribution in [0.3, 0.4) is 0 Å². The molecular weight excluding hydrogens is 1110 g/mol. The van der Waals surface area contributed by atoms with E-state index < -0.39 is 101 Å². The first-order chi connectivity index (χ1) is 38.1. The van der Waals surface area contributed by atoms with Crippen molar-refractivity contribution in [1.29, 1.82) is 0 Å². The number of nitrogens with zero attached hydrogens (tertiary/aromatic N) is 5. The number of hydrogen-bond donors (Lipinski definition) is 1. The fourth-order valence-corrected chi connectivity index (χ4v) is 17.0. The number of para-hydroxylation sites is 2. The molecule has 0 aliphatic carbocycles. The fourth-order valence-electron chi connectivity index (χ4n) is 9.40. The highest BCUT2D eigenvalue weighted by atomic mass is 32.2.